The number of nitrogens with zero attached hydrogens (tertiary/aromatic N) is 1. The maximum absolute atomic E-state index is 11.2. The van der Waals surface area contributed by atoms with Gasteiger partial charge in [0.15, 0.2) is 0 Å². The number of urea groups is 1. The van der Waals surface area contributed by atoms with Crippen molar-refractivity contribution >= 4 is 6.03 Å². The Kier molecular flexibility index (Phi) is 2.92. The summed E-state index contributed by atoms with van der Waals surface area (Å²) < 4.78 is 5.49. The van der Waals surface area contributed by atoms with Crippen LogP contribution in [-0.4, -0.2) is 43.3 Å². The molecule has 0 aromatic rings. The fourth-order valence-electron chi connectivity index (χ4n) is 1.50. The normalized spacial score (nSPS) is 30.1. The second-order valence-corrected chi connectivity index (χ2v) is 3.22. The lowest BCUT2D eigenvalue weighted by molar-refractivity contribution is -0.0543. The number of amides is 2. The van der Waals surface area contributed by atoms with E-state index < -0.39 is 0 Å². The largest absolute Gasteiger partial charge is 0.372 e. The number of carbonyl (C=O) groups is 1. The standard InChI is InChI=1S/C8H16N2O2/c1-6-4-10(8(11)9-3)5-7(2)12-6/h6-7H,4-5H2,1-3H3,(H,9,11)/t6-,7-/m0/s1. The maximum Gasteiger partial charge on any atom is 0.317 e. The van der Waals surface area contributed by atoms with Gasteiger partial charge in [0.05, 0.1) is 12.2 Å². The second kappa shape index (κ2) is 3.76. The Labute approximate surface area is 72.9 Å². The fraction of sp³-hybridized carbons (Fsp3) is 0.875. The Bertz CT molecular complexity index is 162. The van der Waals surface area contributed by atoms with Crippen LogP contribution in [0.5, 0.6) is 0 Å². The van der Waals surface area contributed by atoms with E-state index in [4.69, 9.17) is 4.74 Å². The van der Waals surface area contributed by atoms with Crippen molar-refractivity contribution in [3.8, 4) is 0 Å². The monoisotopic (exact) mass is 172 g/mol. The van der Waals surface area contributed by atoms with Gasteiger partial charge in [0.2, 0.25) is 0 Å². The van der Waals surface area contributed by atoms with Crippen molar-refractivity contribution < 1.29 is 9.53 Å². The number of carbonyl (C=O) groups excluding carboxylic acids is 1. The third-order valence-electron chi connectivity index (χ3n) is 1.92. The number of ether oxygens (including phenoxy) is 1. The first-order valence-corrected chi connectivity index (χ1v) is 4.25. The molecule has 1 saturated heterocycles. The van der Waals surface area contributed by atoms with E-state index in [0.717, 1.165) is 0 Å². The molecule has 1 N–H and O–H groups in total. The highest BCUT2D eigenvalue weighted by Crippen LogP contribution is 2.09. The molecule has 0 aromatic heterocycles. The van der Waals surface area contributed by atoms with Crippen molar-refractivity contribution in [2.75, 3.05) is 20.1 Å². The number of rotatable bonds is 0. The summed E-state index contributed by atoms with van der Waals surface area (Å²) in [6, 6.07) is -0.0167. The fourth-order valence-corrected chi connectivity index (χ4v) is 1.50. The second-order valence-electron chi connectivity index (χ2n) is 3.22. The molecule has 1 heterocycles. The lowest BCUT2D eigenvalue weighted by Crippen LogP contribution is -2.50. The summed E-state index contributed by atoms with van der Waals surface area (Å²) >= 11 is 0. The minimum atomic E-state index is -0.0167. The molecular formula is C8H16N2O2. The van der Waals surface area contributed by atoms with Gasteiger partial charge in [0.1, 0.15) is 0 Å². The Balaban J connectivity index is 2.49. The third kappa shape index (κ3) is 2.11. The molecule has 0 radical (unpaired) electrons. The van der Waals surface area contributed by atoms with Crippen LogP contribution in [0.3, 0.4) is 0 Å². The van der Waals surface area contributed by atoms with Crippen LogP contribution in [0.15, 0.2) is 0 Å². The highest BCUT2D eigenvalue weighted by atomic mass is 16.5. The number of hydrogen-bond donors (Lipinski definition) is 1. The van der Waals surface area contributed by atoms with Crippen molar-refractivity contribution in [3.63, 3.8) is 0 Å². The molecule has 0 aromatic carbocycles. The van der Waals surface area contributed by atoms with Crippen LogP contribution >= 0.6 is 0 Å². The van der Waals surface area contributed by atoms with E-state index in [2.05, 4.69) is 5.32 Å². The highest BCUT2D eigenvalue weighted by Gasteiger charge is 2.24. The van der Waals surface area contributed by atoms with Crippen LogP contribution in [0.25, 0.3) is 0 Å². The van der Waals surface area contributed by atoms with Gasteiger partial charge in [0, 0.05) is 20.1 Å². The smallest absolute Gasteiger partial charge is 0.317 e. The summed E-state index contributed by atoms with van der Waals surface area (Å²) in [5, 5.41) is 2.61. The average Bonchev–Trinajstić information content (AvgIpc) is 2.01. The van der Waals surface area contributed by atoms with Crippen LogP contribution in [0, 0.1) is 0 Å². The predicted molar refractivity (Wildman–Crippen MR) is 46.0 cm³/mol. The number of nitrogens with one attached hydrogen (secondary N) is 1. The third-order valence-corrected chi connectivity index (χ3v) is 1.92. The lowest BCUT2D eigenvalue weighted by atomic mass is 10.2. The van der Waals surface area contributed by atoms with Crippen molar-refractivity contribution in [2.24, 2.45) is 0 Å². The van der Waals surface area contributed by atoms with Crippen LogP contribution in [0.4, 0.5) is 4.79 Å². The van der Waals surface area contributed by atoms with Gasteiger partial charge < -0.3 is 15.0 Å². The van der Waals surface area contributed by atoms with E-state index in [9.17, 15) is 4.79 Å². The maximum atomic E-state index is 11.2. The zero-order chi connectivity index (χ0) is 9.14. The zero-order valence-electron chi connectivity index (χ0n) is 7.83. The quantitative estimate of drug-likeness (QED) is 0.576. The topological polar surface area (TPSA) is 41.6 Å². The van der Waals surface area contributed by atoms with Crippen LogP contribution in [0.2, 0.25) is 0 Å². The minimum absolute atomic E-state index is 0.0167. The van der Waals surface area contributed by atoms with Crippen molar-refractivity contribution in [1.82, 2.24) is 10.2 Å². The molecule has 70 valence electrons. The molecule has 2 amide bonds. The molecule has 1 aliphatic rings. The van der Waals surface area contributed by atoms with Gasteiger partial charge in [-0.2, -0.15) is 0 Å². The average molecular weight is 172 g/mol. The van der Waals surface area contributed by atoms with Gasteiger partial charge in [-0.05, 0) is 13.8 Å². The number of morpholine rings is 1. The Morgan fingerprint density at radius 2 is 1.92 bits per heavy atom. The highest BCUT2D eigenvalue weighted by molar-refractivity contribution is 5.73. The van der Waals surface area contributed by atoms with Crippen molar-refractivity contribution in [3.05, 3.63) is 0 Å². The molecule has 12 heavy (non-hydrogen) atoms. The predicted octanol–water partition coefficient (Wildman–Crippen LogP) is 0.435. The summed E-state index contributed by atoms with van der Waals surface area (Å²) in [7, 11) is 1.65. The summed E-state index contributed by atoms with van der Waals surface area (Å²) in [4.78, 5) is 13.0. The first-order chi connectivity index (χ1) is 5.63. The molecule has 1 rings (SSSR count). The molecule has 2 atom stereocenters. The molecule has 0 unspecified atom stereocenters. The molecule has 0 spiro atoms. The molecule has 0 bridgehead atoms. The summed E-state index contributed by atoms with van der Waals surface area (Å²) in [5.74, 6) is 0. The number of hydrogen-bond acceptors (Lipinski definition) is 2. The van der Waals surface area contributed by atoms with Crippen LogP contribution in [-0.2, 0) is 4.74 Å². The Hall–Kier alpha value is -0.770. The zero-order valence-corrected chi connectivity index (χ0v) is 7.83. The first kappa shape index (κ1) is 9.32. The summed E-state index contributed by atoms with van der Waals surface area (Å²) in [5.41, 5.74) is 0. The van der Waals surface area contributed by atoms with E-state index >= 15 is 0 Å². The first-order valence-electron chi connectivity index (χ1n) is 4.25. The van der Waals surface area contributed by atoms with E-state index in [1.807, 2.05) is 13.8 Å². The van der Waals surface area contributed by atoms with Gasteiger partial charge in [-0.25, -0.2) is 4.79 Å². The van der Waals surface area contributed by atoms with Crippen molar-refractivity contribution in [1.29, 1.82) is 0 Å². The molecule has 4 heteroatoms. The van der Waals surface area contributed by atoms with Gasteiger partial charge in [-0.1, -0.05) is 0 Å². The SMILES string of the molecule is CNC(=O)N1C[C@H](C)O[C@@H](C)C1. The minimum Gasteiger partial charge on any atom is -0.372 e. The van der Waals surface area contributed by atoms with E-state index in [1.54, 1.807) is 11.9 Å². The Morgan fingerprint density at radius 1 is 1.42 bits per heavy atom. The molecule has 1 fully saturated rings. The molecule has 4 nitrogen and oxygen atoms in total. The summed E-state index contributed by atoms with van der Waals surface area (Å²) in [6.45, 7) is 5.32. The Morgan fingerprint density at radius 3 is 2.33 bits per heavy atom. The van der Waals surface area contributed by atoms with Gasteiger partial charge in [0.25, 0.3) is 0 Å². The van der Waals surface area contributed by atoms with E-state index in [-0.39, 0.29) is 18.2 Å². The van der Waals surface area contributed by atoms with Gasteiger partial charge in [-0.3, -0.25) is 0 Å². The lowest BCUT2D eigenvalue weighted by Gasteiger charge is -2.34. The molecule has 1 aliphatic heterocycles. The van der Waals surface area contributed by atoms with Crippen LogP contribution in [0.1, 0.15) is 13.8 Å². The summed E-state index contributed by atoms with van der Waals surface area (Å²) in [6.07, 6.45) is 0.289. The van der Waals surface area contributed by atoms with Crippen molar-refractivity contribution in [2.45, 2.75) is 26.1 Å². The van der Waals surface area contributed by atoms with Gasteiger partial charge in [-0.15, -0.1) is 0 Å². The molecule has 0 saturated carbocycles. The van der Waals surface area contributed by atoms with E-state index in [1.165, 1.54) is 0 Å². The molecule has 0 aliphatic carbocycles. The van der Waals surface area contributed by atoms with Crippen LogP contribution < -0.4 is 5.32 Å². The van der Waals surface area contributed by atoms with E-state index in [0.29, 0.717) is 13.1 Å². The van der Waals surface area contributed by atoms with Gasteiger partial charge >= 0.3 is 6.03 Å². The molecular weight excluding hydrogens is 156 g/mol.